The number of hydrogen-bond donors (Lipinski definition) is 1. The molecule has 1 aliphatic heterocycles. The van der Waals surface area contributed by atoms with E-state index in [1.807, 2.05) is 10.3 Å². The van der Waals surface area contributed by atoms with Crippen LogP contribution in [-0.2, 0) is 9.59 Å². The van der Waals surface area contributed by atoms with E-state index in [-0.39, 0.29) is 17.7 Å². The van der Waals surface area contributed by atoms with Crippen LogP contribution in [0.3, 0.4) is 0 Å². The van der Waals surface area contributed by atoms with Gasteiger partial charge in [-0.15, -0.1) is 11.3 Å². The lowest BCUT2D eigenvalue weighted by Crippen LogP contribution is -2.29. The number of thiazole rings is 1. The van der Waals surface area contributed by atoms with Gasteiger partial charge in [-0.25, -0.2) is 4.98 Å². The summed E-state index contributed by atoms with van der Waals surface area (Å²) in [6.45, 7) is 4.71. The summed E-state index contributed by atoms with van der Waals surface area (Å²) in [5.74, 6) is 0.172. The average molecular weight is 293 g/mol. The summed E-state index contributed by atoms with van der Waals surface area (Å²) in [5.41, 5.74) is 0.993. The van der Waals surface area contributed by atoms with Crippen molar-refractivity contribution in [3.8, 4) is 0 Å². The molecule has 5 nitrogen and oxygen atoms in total. The first-order valence-corrected chi connectivity index (χ1v) is 7.98. The van der Waals surface area contributed by atoms with Crippen molar-refractivity contribution in [3.05, 3.63) is 11.1 Å². The number of nitrogens with zero attached hydrogens (tertiary/aromatic N) is 2. The summed E-state index contributed by atoms with van der Waals surface area (Å²) >= 11 is 1.44. The summed E-state index contributed by atoms with van der Waals surface area (Å²) in [6.07, 6.45) is 2.51. The van der Waals surface area contributed by atoms with Gasteiger partial charge in [-0.05, 0) is 18.8 Å². The van der Waals surface area contributed by atoms with E-state index in [4.69, 9.17) is 0 Å². The SMILES string of the molecule is CC(C)c1csc(NC(=O)C2CC(=O)N(C3CC3)C2)n1. The van der Waals surface area contributed by atoms with Gasteiger partial charge in [0.25, 0.3) is 0 Å². The van der Waals surface area contributed by atoms with E-state index in [0.29, 0.717) is 30.1 Å². The van der Waals surface area contributed by atoms with Crippen molar-refractivity contribution < 1.29 is 9.59 Å². The lowest BCUT2D eigenvalue weighted by atomic mass is 10.1. The normalized spacial score (nSPS) is 22.6. The fourth-order valence-corrected chi connectivity index (χ4v) is 3.34. The molecule has 1 saturated heterocycles. The number of carbonyl (C=O) groups excluding carboxylic acids is 2. The van der Waals surface area contributed by atoms with E-state index in [1.54, 1.807) is 0 Å². The van der Waals surface area contributed by atoms with Crippen LogP contribution in [0.2, 0.25) is 0 Å². The zero-order valence-corrected chi connectivity index (χ0v) is 12.6. The van der Waals surface area contributed by atoms with E-state index >= 15 is 0 Å². The lowest BCUT2D eigenvalue weighted by molar-refractivity contribution is -0.128. The number of carbonyl (C=O) groups is 2. The third-order valence-corrected chi connectivity index (χ3v) is 4.64. The topological polar surface area (TPSA) is 62.3 Å². The van der Waals surface area contributed by atoms with E-state index < -0.39 is 0 Å². The third-order valence-electron chi connectivity index (χ3n) is 3.86. The summed E-state index contributed by atoms with van der Waals surface area (Å²) in [7, 11) is 0. The Hall–Kier alpha value is -1.43. The molecule has 0 spiro atoms. The summed E-state index contributed by atoms with van der Waals surface area (Å²) < 4.78 is 0. The molecule has 0 aromatic carbocycles. The van der Waals surface area contributed by atoms with Crippen molar-refractivity contribution in [2.45, 2.75) is 45.1 Å². The fourth-order valence-electron chi connectivity index (χ4n) is 2.46. The first-order valence-electron chi connectivity index (χ1n) is 7.10. The molecule has 2 amide bonds. The highest BCUT2D eigenvalue weighted by molar-refractivity contribution is 7.13. The van der Waals surface area contributed by atoms with Gasteiger partial charge in [0.1, 0.15) is 0 Å². The zero-order chi connectivity index (χ0) is 14.3. The number of nitrogens with one attached hydrogen (secondary N) is 1. The third kappa shape index (κ3) is 2.70. The number of aromatic nitrogens is 1. The number of likely N-dealkylation sites (tertiary alicyclic amines) is 1. The van der Waals surface area contributed by atoms with Crippen molar-refractivity contribution in [3.63, 3.8) is 0 Å². The second kappa shape index (κ2) is 5.16. The van der Waals surface area contributed by atoms with Gasteiger partial charge >= 0.3 is 0 Å². The highest BCUT2D eigenvalue weighted by Gasteiger charge is 2.41. The molecule has 2 fully saturated rings. The molecule has 1 N–H and O–H groups in total. The second-order valence-electron chi connectivity index (χ2n) is 5.90. The summed E-state index contributed by atoms with van der Waals surface area (Å²) in [4.78, 5) is 30.3. The zero-order valence-electron chi connectivity index (χ0n) is 11.8. The Morgan fingerprint density at radius 2 is 2.25 bits per heavy atom. The molecular formula is C14H19N3O2S. The standard InChI is InChI=1S/C14H19N3O2S/c1-8(2)11-7-20-14(15-11)16-13(19)9-5-12(18)17(6-9)10-3-4-10/h7-10H,3-6H2,1-2H3,(H,15,16,19). The smallest absolute Gasteiger partial charge is 0.231 e. The number of amides is 2. The van der Waals surface area contributed by atoms with Gasteiger partial charge in [-0.3, -0.25) is 9.59 Å². The molecule has 0 radical (unpaired) electrons. The summed E-state index contributed by atoms with van der Waals surface area (Å²) in [5, 5.41) is 5.45. The molecular weight excluding hydrogens is 274 g/mol. The summed E-state index contributed by atoms with van der Waals surface area (Å²) in [6, 6.07) is 0.396. The fraction of sp³-hybridized carbons (Fsp3) is 0.643. The number of anilines is 1. The van der Waals surface area contributed by atoms with Crippen molar-refractivity contribution in [2.75, 3.05) is 11.9 Å². The molecule has 1 atom stereocenters. The molecule has 1 aromatic heterocycles. The average Bonchev–Trinajstić information content (AvgIpc) is 2.99. The Bertz CT molecular complexity index is 536. The van der Waals surface area contributed by atoms with Gasteiger partial charge < -0.3 is 10.2 Å². The first-order chi connectivity index (χ1) is 9.54. The minimum absolute atomic E-state index is 0.0776. The first kappa shape index (κ1) is 13.5. The van der Waals surface area contributed by atoms with Crippen LogP contribution in [0, 0.1) is 5.92 Å². The largest absolute Gasteiger partial charge is 0.339 e. The van der Waals surface area contributed by atoms with Crippen LogP contribution in [0.15, 0.2) is 5.38 Å². The maximum absolute atomic E-state index is 12.2. The van der Waals surface area contributed by atoms with Crippen molar-refractivity contribution in [1.29, 1.82) is 0 Å². The molecule has 20 heavy (non-hydrogen) atoms. The Kier molecular flexibility index (Phi) is 3.50. The maximum Gasteiger partial charge on any atom is 0.231 e. The maximum atomic E-state index is 12.2. The Balaban J connectivity index is 1.60. The van der Waals surface area contributed by atoms with Gasteiger partial charge in [0.15, 0.2) is 5.13 Å². The number of rotatable bonds is 4. The van der Waals surface area contributed by atoms with Crippen LogP contribution in [0.5, 0.6) is 0 Å². The Morgan fingerprint density at radius 3 is 2.85 bits per heavy atom. The van der Waals surface area contributed by atoms with Crippen LogP contribution in [0.25, 0.3) is 0 Å². The van der Waals surface area contributed by atoms with Crippen LogP contribution in [-0.4, -0.2) is 34.3 Å². The second-order valence-corrected chi connectivity index (χ2v) is 6.76. The van der Waals surface area contributed by atoms with E-state index in [9.17, 15) is 9.59 Å². The molecule has 2 aliphatic rings. The van der Waals surface area contributed by atoms with Crippen molar-refractivity contribution in [2.24, 2.45) is 5.92 Å². The van der Waals surface area contributed by atoms with Crippen LogP contribution >= 0.6 is 11.3 Å². The molecule has 1 aliphatic carbocycles. The molecule has 1 unspecified atom stereocenters. The van der Waals surface area contributed by atoms with E-state index in [1.165, 1.54) is 11.3 Å². The minimum Gasteiger partial charge on any atom is -0.339 e. The van der Waals surface area contributed by atoms with E-state index in [0.717, 1.165) is 18.5 Å². The highest BCUT2D eigenvalue weighted by atomic mass is 32.1. The van der Waals surface area contributed by atoms with Gasteiger partial charge in [0.2, 0.25) is 11.8 Å². The predicted molar refractivity (Wildman–Crippen MR) is 77.7 cm³/mol. The number of hydrogen-bond acceptors (Lipinski definition) is 4. The van der Waals surface area contributed by atoms with E-state index in [2.05, 4.69) is 24.1 Å². The molecule has 1 saturated carbocycles. The Labute approximate surface area is 122 Å². The van der Waals surface area contributed by atoms with Gasteiger partial charge in [-0.2, -0.15) is 0 Å². The quantitative estimate of drug-likeness (QED) is 0.926. The molecule has 108 valence electrons. The van der Waals surface area contributed by atoms with Crippen molar-refractivity contribution >= 4 is 28.3 Å². The van der Waals surface area contributed by atoms with Gasteiger partial charge in [0.05, 0.1) is 11.6 Å². The van der Waals surface area contributed by atoms with Crippen molar-refractivity contribution in [1.82, 2.24) is 9.88 Å². The minimum atomic E-state index is -0.227. The predicted octanol–water partition coefficient (Wildman–Crippen LogP) is 2.22. The molecule has 6 heteroatoms. The Morgan fingerprint density at radius 1 is 1.50 bits per heavy atom. The van der Waals surface area contributed by atoms with Crippen LogP contribution in [0.4, 0.5) is 5.13 Å². The van der Waals surface area contributed by atoms with Gasteiger partial charge in [-0.1, -0.05) is 13.8 Å². The molecule has 3 rings (SSSR count). The van der Waals surface area contributed by atoms with Crippen LogP contribution < -0.4 is 5.32 Å². The molecule has 2 heterocycles. The molecule has 0 bridgehead atoms. The lowest BCUT2D eigenvalue weighted by Gasteiger charge is -2.14. The van der Waals surface area contributed by atoms with Crippen LogP contribution in [0.1, 0.15) is 44.7 Å². The molecule has 1 aromatic rings. The highest BCUT2D eigenvalue weighted by Crippen LogP contribution is 2.33. The van der Waals surface area contributed by atoms with Gasteiger partial charge in [0, 0.05) is 24.4 Å². The monoisotopic (exact) mass is 293 g/mol.